The molecule has 1 rings (SSSR count). The maximum atomic E-state index is 13.0. The van der Waals surface area contributed by atoms with Crippen molar-refractivity contribution in [2.75, 3.05) is 13.7 Å². The molecule has 0 saturated heterocycles. The van der Waals surface area contributed by atoms with E-state index in [9.17, 15) is 9.59 Å². The molecule has 1 aromatic carbocycles. The average Bonchev–Trinajstić information content (AvgIpc) is 2.94. The molecule has 0 aliphatic carbocycles. The number of methoxy groups -OCH3 is 1. The second kappa shape index (κ2) is 17.0. The molecule has 0 radical (unpaired) electrons. The number of rotatable bonds is 16. The van der Waals surface area contributed by atoms with Crippen LogP contribution in [-0.2, 0) is 23.1 Å². The molecule has 0 aliphatic rings. The largest absolute Gasteiger partial charge is 0.466 e. The number of hydrogen-bond donors (Lipinski definition) is 0. The number of allylic oxidation sites excluding steroid dienone is 2. The second-order valence-corrected chi connectivity index (χ2v) is 21.7. The van der Waals surface area contributed by atoms with Gasteiger partial charge in [-0.3, -0.25) is 0 Å². The summed E-state index contributed by atoms with van der Waals surface area (Å²) in [6, 6.07) is 11.8. The number of ether oxygens (including phenoxy) is 2. The summed E-state index contributed by atoms with van der Waals surface area (Å²) in [7, 11) is -2.55. The Hall–Kier alpha value is -2.27. The smallest absolute Gasteiger partial charge is 0.338 e. The van der Waals surface area contributed by atoms with Crippen LogP contribution >= 0.6 is 0 Å². The van der Waals surface area contributed by atoms with Gasteiger partial charge in [0.25, 0.3) is 0 Å². The molecule has 0 heterocycles. The molecule has 0 saturated carbocycles. The maximum Gasteiger partial charge on any atom is 0.338 e. The highest BCUT2D eigenvalue weighted by Gasteiger charge is 2.37. The fourth-order valence-corrected chi connectivity index (χ4v) is 7.84. The van der Waals surface area contributed by atoms with Crippen molar-refractivity contribution in [2.24, 2.45) is 5.92 Å². The molecule has 3 atom stereocenters. The Balaban J connectivity index is 3.36. The van der Waals surface area contributed by atoms with E-state index in [1.165, 1.54) is 13.2 Å². The van der Waals surface area contributed by atoms with Crippen LogP contribution < -0.4 is 0 Å². The van der Waals surface area contributed by atoms with Crippen LogP contribution in [0.2, 0.25) is 36.3 Å². The van der Waals surface area contributed by atoms with Gasteiger partial charge in [0.05, 0.1) is 25.4 Å². The molecular formula is C33H54O6Si2. The SMILES string of the molecule is CC[Si](CC)(CC)O[C@H](/C=C/C(C)=C/CO[Si](C)(C)C(C)(C)C)[C@@H](C)[C@H](/C=C/C(=O)OC)OC(=O)c1ccccc1. The zero-order chi connectivity index (χ0) is 31.3. The highest BCUT2D eigenvalue weighted by atomic mass is 28.4. The first kappa shape index (κ1) is 36.8. The third kappa shape index (κ3) is 11.9. The molecule has 0 aliphatic heterocycles. The van der Waals surface area contributed by atoms with Gasteiger partial charge in [0.15, 0.2) is 16.6 Å². The van der Waals surface area contributed by atoms with E-state index in [0.717, 1.165) is 23.7 Å². The van der Waals surface area contributed by atoms with E-state index >= 15 is 0 Å². The van der Waals surface area contributed by atoms with Crippen LogP contribution in [-0.4, -0.2) is 54.5 Å². The number of benzene rings is 1. The van der Waals surface area contributed by atoms with Crippen LogP contribution in [0, 0.1) is 5.92 Å². The van der Waals surface area contributed by atoms with Crippen LogP contribution in [0.15, 0.2) is 66.3 Å². The zero-order valence-electron chi connectivity index (χ0n) is 27.3. The summed E-state index contributed by atoms with van der Waals surface area (Å²) in [5, 5.41) is 0.150. The normalized spacial score (nSPS) is 15.6. The van der Waals surface area contributed by atoms with E-state index in [1.54, 1.807) is 30.3 Å². The van der Waals surface area contributed by atoms with Crippen LogP contribution in [0.3, 0.4) is 0 Å². The number of carbonyl (C=O) groups excluding carboxylic acids is 2. The molecule has 6 nitrogen and oxygen atoms in total. The van der Waals surface area contributed by atoms with Crippen LogP contribution in [0.5, 0.6) is 0 Å². The Morgan fingerprint density at radius 1 is 0.927 bits per heavy atom. The number of hydrogen-bond acceptors (Lipinski definition) is 6. The monoisotopic (exact) mass is 602 g/mol. The van der Waals surface area contributed by atoms with Crippen molar-refractivity contribution in [3.8, 4) is 0 Å². The molecule has 41 heavy (non-hydrogen) atoms. The first-order chi connectivity index (χ1) is 19.1. The van der Waals surface area contributed by atoms with Crippen molar-refractivity contribution < 1.29 is 27.9 Å². The van der Waals surface area contributed by atoms with Crippen molar-refractivity contribution in [3.05, 3.63) is 71.8 Å². The van der Waals surface area contributed by atoms with Gasteiger partial charge in [-0.2, -0.15) is 0 Å². The fraction of sp³-hybridized carbons (Fsp3) is 0.576. The Morgan fingerprint density at radius 3 is 2.00 bits per heavy atom. The highest BCUT2D eigenvalue weighted by Crippen LogP contribution is 2.36. The van der Waals surface area contributed by atoms with Gasteiger partial charge in [-0.05, 0) is 61.4 Å². The van der Waals surface area contributed by atoms with Gasteiger partial charge in [-0.15, -0.1) is 0 Å². The van der Waals surface area contributed by atoms with E-state index in [4.69, 9.17) is 18.3 Å². The van der Waals surface area contributed by atoms with Crippen molar-refractivity contribution in [1.29, 1.82) is 0 Å². The van der Waals surface area contributed by atoms with E-state index < -0.39 is 34.7 Å². The van der Waals surface area contributed by atoms with Crippen LogP contribution in [0.4, 0.5) is 0 Å². The lowest BCUT2D eigenvalue weighted by Gasteiger charge is -2.36. The van der Waals surface area contributed by atoms with Gasteiger partial charge in [0.2, 0.25) is 0 Å². The molecule has 1 aromatic rings. The summed E-state index contributed by atoms with van der Waals surface area (Å²) in [4.78, 5) is 25.0. The molecule has 0 N–H and O–H groups in total. The molecule has 0 aromatic heterocycles. The van der Waals surface area contributed by atoms with Crippen molar-refractivity contribution in [2.45, 2.75) is 104 Å². The Labute approximate surface area is 251 Å². The minimum atomic E-state index is -2.03. The van der Waals surface area contributed by atoms with Crippen molar-refractivity contribution in [3.63, 3.8) is 0 Å². The molecule has 0 spiro atoms. The van der Waals surface area contributed by atoms with E-state index in [-0.39, 0.29) is 17.1 Å². The number of esters is 2. The first-order valence-electron chi connectivity index (χ1n) is 14.8. The molecular weight excluding hydrogens is 549 g/mol. The third-order valence-electron chi connectivity index (χ3n) is 8.44. The Kier molecular flexibility index (Phi) is 15.2. The highest BCUT2D eigenvalue weighted by molar-refractivity contribution is 6.74. The lowest BCUT2D eigenvalue weighted by atomic mass is 9.96. The second-order valence-electron chi connectivity index (χ2n) is 12.2. The molecule has 0 amide bonds. The summed E-state index contributed by atoms with van der Waals surface area (Å²) in [5.74, 6) is -1.23. The summed E-state index contributed by atoms with van der Waals surface area (Å²) in [6.45, 7) is 22.4. The molecule has 8 heteroatoms. The predicted octanol–water partition coefficient (Wildman–Crippen LogP) is 8.49. The van der Waals surface area contributed by atoms with Crippen molar-refractivity contribution >= 4 is 28.6 Å². The van der Waals surface area contributed by atoms with Gasteiger partial charge < -0.3 is 18.3 Å². The Morgan fingerprint density at radius 2 is 1.49 bits per heavy atom. The zero-order valence-corrected chi connectivity index (χ0v) is 29.3. The summed E-state index contributed by atoms with van der Waals surface area (Å²) in [5.41, 5.74) is 1.52. The van der Waals surface area contributed by atoms with Crippen LogP contribution in [0.1, 0.15) is 65.7 Å². The lowest BCUT2D eigenvalue weighted by molar-refractivity contribution is -0.134. The molecule has 230 valence electrons. The topological polar surface area (TPSA) is 71.1 Å². The van der Waals surface area contributed by atoms with Gasteiger partial charge >= 0.3 is 11.9 Å². The lowest BCUT2D eigenvalue weighted by Crippen LogP contribution is -2.44. The Bertz CT molecular complexity index is 1030. The van der Waals surface area contributed by atoms with E-state index in [0.29, 0.717) is 12.2 Å². The standard InChI is InChI=1S/C33H54O6Si2/c1-12-41(13-2,14-3)39-30(21-20-26(4)24-25-37-40(10,11)33(6,7)8)27(5)29(22-23-31(34)36-9)38-32(35)28-18-16-15-17-19-28/h15-24,27,29-30H,12-14,25H2,1-11H3/b21-20+,23-22+,26-24+/t27-,29-,30+/m0/s1. The van der Waals surface area contributed by atoms with Gasteiger partial charge in [-0.25, -0.2) is 9.59 Å². The minimum absolute atomic E-state index is 0.150. The average molecular weight is 603 g/mol. The fourth-order valence-electron chi connectivity index (χ4n) is 4.04. The van der Waals surface area contributed by atoms with Gasteiger partial charge in [0, 0.05) is 12.0 Å². The molecule has 0 fully saturated rings. The van der Waals surface area contributed by atoms with E-state index in [2.05, 4.69) is 79.8 Å². The van der Waals surface area contributed by atoms with Gasteiger partial charge in [0.1, 0.15) is 6.10 Å². The quantitative estimate of drug-likeness (QED) is 0.0818. The molecule has 0 bridgehead atoms. The minimum Gasteiger partial charge on any atom is -0.466 e. The maximum absolute atomic E-state index is 13.0. The van der Waals surface area contributed by atoms with Crippen molar-refractivity contribution in [1.82, 2.24) is 0 Å². The summed E-state index contributed by atoms with van der Waals surface area (Å²) in [6.07, 6.45) is 8.12. The molecule has 0 unspecified atom stereocenters. The summed E-state index contributed by atoms with van der Waals surface area (Å²) < 4.78 is 24.1. The summed E-state index contributed by atoms with van der Waals surface area (Å²) >= 11 is 0. The van der Waals surface area contributed by atoms with Gasteiger partial charge in [-0.1, -0.05) is 90.5 Å². The van der Waals surface area contributed by atoms with E-state index in [1.807, 2.05) is 13.0 Å². The first-order valence-corrected chi connectivity index (χ1v) is 20.3. The number of carbonyl (C=O) groups is 2. The van der Waals surface area contributed by atoms with Crippen LogP contribution in [0.25, 0.3) is 0 Å². The predicted molar refractivity (Wildman–Crippen MR) is 174 cm³/mol. The third-order valence-corrected chi connectivity index (χ3v) is 17.6.